The number of amides is 4. The molecule has 0 spiro atoms. The third kappa shape index (κ3) is 6.54. The molecule has 1 unspecified atom stereocenters. The summed E-state index contributed by atoms with van der Waals surface area (Å²) in [4.78, 5) is 50.3. The van der Waals surface area contributed by atoms with Gasteiger partial charge in [-0.15, -0.1) is 0 Å². The number of imide groups is 2. The summed E-state index contributed by atoms with van der Waals surface area (Å²) >= 11 is 0. The lowest BCUT2D eigenvalue weighted by molar-refractivity contribution is -0.136. The molecule has 1 aromatic carbocycles. The molecule has 0 aromatic heterocycles. The van der Waals surface area contributed by atoms with Crippen molar-refractivity contribution in [3.8, 4) is 5.75 Å². The second-order valence-corrected chi connectivity index (χ2v) is 11.1. The molecule has 1 fully saturated rings. The molecule has 1 saturated heterocycles. The van der Waals surface area contributed by atoms with Crippen LogP contribution in [-0.2, 0) is 18.6 Å². The van der Waals surface area contributed by atoms with Crippen LogP contribution < -0.4 is 10.1 Å². The van der Waals surface area contributed by atoms with Gasteiger partial charge in [-0.05, 0) is 31.4 Å². The molecule has 1 N–H and O–H groups in total. The standard InChI is InChI=1S/C22H27ClN2O7S/c23-33(30,31)14-7-5-3-1-2-4-6-13-32-17-10-8-9-15-19(17)22(29)25(21(15)28)16-11-12-18(26)24-20(16)27/h8-10,16H,1-7,11-14H2,(H,24,26,27). The van der Waals surface area contributed by atoms with Crippen molar-refractivity contribution in [1.29, 1.82) is 0 Å². The van der Waals surface area contributed by atoms with E-state index in [-0.39, 0.29) is 29.7 Å². The highest BCUT2D eigenvalue weighted by atomic mass is 35.7. The largest absolute Gasteiger partial charge is 0.493 e. The second kappa shape index (κ2) is 11.1. The van der Waals surface area contributed by atoms with Gasteiger partial charge in [0.15, 0.2) is 0 Å². The minimum absolute atomic E-state index is 0.00594. The molecule has 2 aliphatic rings. The molecule has 3 rings (SSSR count). The fourth-order valence-corrected chi connectivity index (χ4v) is 4.92. The average molecular weight is 499 g/mol. The molecule has 1 atom stereocenters. The fourth-order valence-electron chi connectivity index (χ4n) is 4.05. The van der Waals surface area contributed by atoms with Crippen molar-refractivity contribution < 1.29 is 32.3 Å². The summed E-state index contributed by atoms with van der Waals surface area (Å²) in [5.74, 6) is -1.89. The van der Waals surface area contributed by atoms with Gasteiger partial charge in [0.05, 0.1) is 23.5 Å². The van der Waals surface area contributed by atoms with Gasteiger partial charge < -0.3 is 4.74 Å². The Balaban J connectivity index is 1.46. The summed E-state index contributed by atoms with van der Waals surface area (Å²) in [7, 11) is 1.77. The molecule has 0 saturated carbocycles. The number of benzene rings is 1. The number of nitrogens with zero attached hydrogens (tertiary/aromatic N) is 1. The maximum Gasteiger partial charge on any atom is 0.266 e. The summed E-state index contributed by atoms with van der Waals surface area (Å²) in [5, 5.41) is 2.18. The summed E-state index contributed by atoms with van der Waals surface area (Å²) in [5.41, 5.74) is 0.350. The number of carbonyl (C=O) groups is 4. The van der Waals surface area contributed by atoms with E-state index in [1.807, 2.05) is 0 Å². The van der Waals surface area contributed by atoms with E-state index in [1.165, 1.54) is 6.07 Å². The van der Waals surface area contributed by atoms with Gasteiger partial charge >= 0.3 is 0 Å². The zero-order valence-corrected chi connectivity index (χ0v) is 19.8. The van der Waals surface area contributed by atoms with E-state index < -0.39 is 38.7 Å². The molecule has 2 aliphatic heterocycles. The van der Waals surface area contributed by atoms with Crippen LogP contribution in [-0.4, -0.2) is 55.3 Å². The Labute approximate surface area is 197 Å². The molecule has 4 amide bonds. The third-order valence-electron chi connectivity index (χ3n) is 5.72. The fraction of sp³-hybridized carbons (Fsp3) is 0.545. The van der Waals surface area contributed by atoms with E-state index in [0.29, 0.717) is 18.8 Å². The van der Waals surface area contributed by atoms with Crippen LogP contribution in [0, 0.1) is 0 Å². The van der Waals surface area contributed by atoms with Crippen LogP contribution in [0.25, 0.3) is 0 Å². The minimum Gasteiger partial charge on any atom is -0.493 e. The summed E-state index contributed by atoms with van der Waals surface area (Å²) < 4.78 is 27.5. The summed E-state index contributed by atoms with van der Waals surface area (Å²) in [6.45, 7) is 0.376. The lowest BCUT2D eigenvalue weighted by Gasteiger charge is -2.27. The minimum atomic E-state index is -3.41. The monoisotopic (exact) mass is 498 g/mol. The quantitative estimate of drug-likeness (QED) is 0.266. The number of hydrogen-bond acceptors (Lipinski definition) is 7. The Morgan fingerprint density at radius 3 is 2.30 bits per heavy atom. The molecule has 33 heavy (non-hydrogen) atoms. The average Bonchev–Trinajstić information content (AvgIpc) is 3.00. The highest BCUT2D eigenvalue weighted by molar-refractivity contribution is 8.13. The van der Waals surface area contributed by atoms with Gasteiger partial charge in [-0.1, -0.05) is 38.2 Å². The zero-order valence-electron chi connectivity index (χ0n) is 18.2. The van der Waals surface area contributed by atoms with Crippen LogP contribution in [0.4, 0.5) is 0 Å². The Hall–Kier alpha value is -2.46. The van der Waals surface area contributed by atoms with Crippen LogP contribution in [0.2, 0.25) is 0 Å². The number of halogens is 1. The van der Waals surface area contributed by atoms with Gasteiger partial charge in [-0.3, -0.25) is 29.4 Å². The van der Waals surface area contributed by atoms with E-state index in [0.717, 1.165) is 43.4 Å². The van der Waals surface area contributed by atoms with Crippen molar-refractivity contribution in [2.45, 2.75) is 63.8 Å². The molecule has 0 aliphatic carbocycles. The van der Waals surface area contributed by atoms with Crippen LogP contribution in [0.3, 0.4) is 0 Å². The Kier molecular flexibility index (Phi) is 8.47. The number of unbranched alkanes of at least 4 members (excludes halogenated alkanes) is 6. The molecular weight excluding hydrogens is 472 g/mol. The van der Waals surface area contributed by atoms with Crippen molar-refractivity contribution in [3.63, 3.8) is 0 Å². The lowest BCUT2D eigenvalue weighted by atomic mass is 10.0. The van der Waals surface area contributed by atoms with Gasteiger partial charge in [-0.25, -0.2) is 8.42 Å². The van der Waals surface area contributed by atoms with Crippen molar-refractivity contribution in [2.75, 3.05) is 12.4 Å². The molecule has 11 heteroatoms. The first-order valence-corrected chi connectivity index (χ1v) is 13.6. The summed E-state index contributed by atoms with van der Waals surface area (Å²) in [6, 6.07) is 3.79. The predicted octanol–water partition coefficient (Wildman–Crippen LogP) is 2.77. The number of hydrogen-bond donors (Lipinski definition) is 1. The van der Waals surface area contributed by atoms with Gasteiger partial charge in [0.1, 0.15) is 11.8 Å². The molecule has 2 heterocycles. The van der Waals surface area contributed by atoms with Crippen molar-refractivity contribution >= 4 is 43.4 Å². The smallest absolute Gasteiger partial charge is 0.266 e. The first-order chi connectivity index (χ1) is 15.7. The van der Waals surface area contributed by atoms with Crippen LogP contribution in [0.5, 0.6) is 5.75 Å². The number of carbonyl (C=O) groups excluding carboxylic acids is 4. The zero-order chi connectivity index (χ0) is 24.0. The van der Waals surface area contributed by atoms with Crippen molar-refractivity contribution in [2.24, 2.45) is 0 Å². The maximum absolute atomic E-state index is 13.0. The number of ether oxygens (including phenoxy) is 1. The number of piperidine rings is 1. The topological polar surface area (TPSA) is 127 Å². The molecule has 1 aromatic rings. The normalized spacial score (nSPS) is 18.5. The third-order valence-corrected chi connectivity index (χ3v) is 6.96. The highest BCUT2D eigenvalue weighted by Gasteiger charge is 2.45. The Bertz CT molecular complexity index is 1040. The van der Waals surface area contributed by atoms with E-state index in [2.05, 4.69) is 5.32 Å². The van der Waals surface area contributed by atoms with E-state index in [1.54, 1.807) is 12.1 Å². The summed E-state index contributed by atoms with van der Waals surface area (Å²) in [6.07, 6.45) is 6.13. The van der Waals surface area contributed by atoms with E-state index in [4.69, 9.17) is 15.4 Å². The predicted molar refractivity (Wildman–Crippen MR) is 121 cm³/mol. The first-order valence-electron chi connectivity index (χ1n) is 11.1. The first kappa shape index (κ1) is 25.2. The van der Waals surface area contributed by atoms with E-state index >= 15 is 0 Å². The molecule has 180 valence electrons. The van der Waals surface area contributed by atoms with Crippen LogP contribution >= 0.6 is 10.7 Å². The number of rotatable bonds is 12. The van der Waals surface area contributed by atoms with Crippen molar-refractivity contribution in [3.05, 3.63) is 29.3 Å². The van der Waals surface area contributed by atoms with Gasteiger partial charge in [0.2, 0.25) is 20.9 Å². The molecule has 9 nitrogen and oxygen atoms in total. The second-order valence-electron chi connectivity index (χ2n) is 8.19. The molecular formula is C22H27ClN2O7S. The van der Waals surface area contributed by atoms with Crippen molar-refractivity contribution in [1.82, 2.24) is 10.2 Å². The highest BCUT2D eigenvalue weighted by Crippen LogP contribution is 2.33. The SMILES string of the molecule is O=C1CCC(N2C(=O)c3cccc(OCCCCCCCCCS(=O)(=O)Cl)c3C2=O)C(=O)N1. The number of nitrogens with one attached hydrogen (secondary N) is 1. The number of fused-ring (bicyclic) bond motifs is 1. The van der Waals surface area contributed by atoms with Gasteiger partial charge in [-0.2, -0.15) is 0 Å². The maximum atomic E-state index is 13.0. The molecule has 0 bridgehead atoms. The van der Waals surface area contributed by atoms with Gasteiger partial charge in [0.25, 0.3) is 11.8 Å². The van der Waals surface area contributed by atoms with Gasteiger partial charge in [0, 0.05) is 17.1 Å². The Morgan fingerprint density at radius 2 is 1.64 bits per heavy atom. The Morgan fingerprint density at radius 1 is 0.970 bits per heavy atom. The van der Waals surface area contributed by atoms with Crippen LogP contribution in [0.15, 0.2) is 18.2 Å². The lowest BCUT2D eigenvalue weighted by Crippen LogP contribution is -2.54. The van der Waals surface area contributed by atoms with Crippen LogP contribution in [0.1, 0.15) is 78.5 Å². The molecule has 0 radical (unpaired) electrons. The van der Waals surface area contributed by atoms with E-state index in [9.17, 15) is 27.6 Å².